The van der Waals surface area contributed by atoms with Gasteiger partial charge >= 0.3 is 5.97 Å². The fraction of sp³-hybridized carbons (Fsp3) is 0.333. The molecule has 0 saturated carbocycles. The standard InChI is InChI=1S/C15H15ClN2O3/c16-10-3-4-12-11(7-10)9(8-17-12)6-14(19)18-5-1-2-13(18)15(20)21/h3-4,7-8,13,17H,1-2,5-6H2,(H,20,21)/t13-/m1/s1. The zero-order valence-corrected chi connectivity index (χ0v) is 12.1. The third-order valence-electron chi connectivity index (χ3n) is 3.93. The van der Waals surface area contributed by atoms with Crippen molar-refractivity contribution in [3.63, 3.8) is 0 Å². The second-order valence-corrected chi connectivity index (χ2v) is 5.70. The summed E-state index contributed by atoms with van der Waals surface area (Å²) in [7, 11) is 0. The number of aliphatic carboxylic acids is 1. The topological polar surface area (TPSA) is 73.4 Å². The molecule has 0 radical (unpaired) electrons. The number of hydrogen-bond donors (Lipinski definition) is 2. The van der Waals surface area contributed by atoms with Crippen molar-refractivity contribution in [1.29, 1.82) is 0 Å². The zero-order chi connectivity index (χ0) is 15.0. The first-order valence-electron chi connectivity index (χ1n) is 6.84. The molecule has 110 valence electrons. The summed E-state index contributed by atoms with van der Waals surface area (Å²) >= 11 is 5.99. The smallest absolute Gasteiger partial charge is 0.326 e. The Morgan fingerprint density at radius 3 is 3.00 bits per heavy atom. The molecule has 2 heterocycles. The van der Waals surface area contributed by atoms with Crippen LogP contribution in [0.5, 0.6) is 0 Å². The number of nitrogens with zero attached hydrogens (tertiary/aromatic N) is 1. The second kappa shape index (κ2) is 5.41. The molecule has 6 heteroatoms. The number of likely N-dealkylation sites (tertiary alicyclic amines) is 1. The molecule has 1 aliphatic heterocycles. The van der Waals surface area contributed by atoms with Crippen LogP contribution in [0.4, 0.5) is 0 Å². The van der Waals surface area contributed by atoms with Gasteiger partial charge in [-0.2, -0.15) is 0 Å². The Morgan fingerprint density at radius 1 is 1.43 bits per heavy atom. The van der Waals surface area contributed by atoms with Crippen molar-refractivity contribution < 1.29 is 14.7 Å². The SMILES string of the molecule is O=C(O)[C@H]1CCCN1C(=O)Cc1c[nH]c2ccc(Cl)cc12. The average Bonchev–Trinajstić information content (AvgIpc) is 3.06. The predicted molar refractivity (Wildman–Crippen MR) is 79.4 cm³/mol. The van der Waals surface area contributed by atoms with Crippen molar-refractivity contribution in [2.45, 2.75) is 25.3 Å². The molecule has 1 aliphatic rings. The van der Waals surface area contributed by atoms with Crippen LogP contribution in [0, 0.1) is 0 Å². The summed E-state index contributed by atoms with van der Waals surface area (Å²) in [5.74, 6) is -1.08. The Bertz CT molecular complexity index is 710. The Balaban J connectivity index is 1.83. The van der Waals surface area contributed by atoms with E-state index in [1.165, 1.54) is 4.90 Å². The first-order valence-corrected chi connectivity index (χ1v) is 7.22. The summed E-state index contributed by atoms with van der Waals surface area (Å²) in [4.78, 5) is 28.1. The van der Waals surface area contributed by atoms with E-state index in [4.69, 9.17) is 16.7 Å². The number of hydrogen-bond acceptors (Lipinski definition) is 2. The van der Waals surface area contributed by atoms with Crippen LogP contribution >= 0.6 is 11.6 Å². The van der Waals surface area contributed by atoms with Gasteiger partial charge < -0.3 is 15.0 Å². The molecule has 3 rings (SSSR count). The first kappa shape index (κ1) is 13.9. The maximum absolute atomic E-state index is 12.4. The highest BCUT2D eigenvalue weighted by Crippen LogP contribution is 2.24. The third kappa shape index (κ3) is 2.61. The Labute approximate surface area is 126 Å². The van der Waals surface area contributed by atoms with Gasteiger partial charge in [0, 0.05) is 28.7 Å². The number of fused-ring (bicyclic) bond motifs is 1. The van der Waals surface area contributed by atoms with Crippen molar-refractivity contribution in [3.05, 3.63) is 35.0 Å². The van der Waals surface area contributed by atoms with E-state index in [1.54, 1.807) is 12.3 Å². The highest BCUT2D eigenvalue weighted by atomic mass is 35.5. The summed E-state index contributed by atoms with van der Waals surface area (Å²) in [5, 5.41) is 10.7. The number of halogens is 1. The summed E-state index contributed by atoms with van der Waals surface area (Å²) in [6.45, 7) is 0.513. The minimum atomic E-state index is -0.928. The van der Waals surface area contributed by atoms with Crippen LogP contribution in [0.3, 0.4) is 0 Å². The van der Waals surface area contributed by atoms with Gasteiger partial charge in [-0.1, -0.05) is 11.6 Å². The van der Waals surface area contributed by atoms with Crippen LogP contribution in [0.1, 0.15) is 18.4 Å². The van der Waals surface area contributed by atoms with Crippen LogP contribution in [0.2, 0.25) is 5.02 Å². The molecule has 0 spiro atoms. The fourth-order valence-corrected chi connectivity index (χ4v) is 3.06. The lowest BCUT2D eigenvalue weighted by molar-refractivity contribution is -0.147. The van der Waals surface area contributed by atoms with Crippen LogP contribution in [0.25, 0.3) is 10.9 Å². The molecule has 2 aromatic rings. The normalized spacial score (nSPS) is 18.3. The molecular formula is C15H15ClN2O3. The van der Waals surface area contributed by atoms with Gasteiger partial charge in [-0.25, -0.2) is 4.79 Å². The van der Waals surface area contributed by atoms with Crippen LogP contribution in [0.15, 0.2) is 24.4 Å². The monoisotopic (exact) mass is 306 g/mol. The van der Waals surface area contributed by atoms with E-state index < -0.39 is 12.0 Å². The summed E-state index contributed by atoms with van der Waals surface area (Å²) in [6.07, 6.45) is 3.23. The lowest BCUT2D eigenvalue weighted by atomic mass is 10.1. The van der Waals surface area contributed by atoms with Crippen LogP contribution in [-0.4, -0.2) is 39.5 Å². The number of rotatable bonds is 3. The number of carbonyl (C=O) groups is 2. The summed E-state index contributed by atoms with van der Waals surface area (Å²) < 4.78 is 0. The molecule has 21 heavy (non-hydrogen) atoms. The Hall–Kier alpha value is -2.01. The van der Waals surface area contributed by atoms with Crippen molar-refractivity contribution in [2.75, 3.05) is 6.54 Å². The molecule has 1 fully saturated rings. The second-order valence-electron chi connectivity index (χ2n) is 5.26. The quantitative estimate of drug-likeness (QED) is 0.914. The molecule has 0 aliphatic carbocycles. The third-order valence-corrected chi connectivity index (χ3v) is 4.16. The zero-order valence-electron chi connectivity index (χ0n) is 11.3. The number of carbonyl (C=O) groups excluding carboxylic acids is 1. The van der Waals surface area contributed by atoms with E-state index in [2.05, 4.69) is 4.98 Å². The summed E-state index contributed by atoms with van der Waals surface area (Å²) in [6, 6.07) is 4.77. The molecule has 2 N–H and O–H groups in total. The molecule has 0 bridgehead atoms. The van der Waals surface area contributed by atoms with Gasteiger partial charge in [0.1, 0.15) is 6.04 Å². The van der Waals surface area contributed by atoms with Crippen molar-refractivity contribution in [2.24, 2.45) is 0 Å². The van der Waals surface area contributed by atoms with Gasteiger partial charge in [0.15, 0.2) is 0 Å². The van der Waals surface area contributed by atoms with E-state index in [1.807, 2.05) is 12.1 Å². The van der Waals surface area contributed by atoms with E-state index in [0.29, 0.717) is 18.0 Å². The molecule has 1 aromatic heterocycles. The van der Waals surface area contributed by atoms with Gasteiger partial charge in [-0.15, -0.1) is 0 Å². The molecule has 5 nitrogen and oxygen atoms in total. The van der Waals surface area contributed by atoms with Crippen molar-refractivity contribution in [3.8, 4) is 0 Å². The number of carboxylic acid groups (broad SMARTS) is 1. The van der Waals surface area contributed by atoms with Crippen LogP contribution in [-0.2, 0) is 16.0 Å². The molecular weight excluding hydrogens is 292 g/mol. The van der Waals surface area contributed by atoms with Crippen molar-refractivity contribution >= 4 is 34.4 Å². The number of nitrogens with one attached hydrogen (secondary N) is 1. The average molecular weight is 307 g/mol. The molecule has 1 atom stereocenters. The minimum Gasteiger partial charge on any atom is -0.480 e. The molecule has 1 aromatic carbocycles. The maximum Gasteiger partial charge on any atom is 0.326 e. The summed E-state index contributed by atoms with van der Waals surface area (Å²) in [5.41, 5.74) is 1.76. The number of benzene rings is 1. The number of aromatic amines is 1. The Kier molecular flexibility index (Phi) is 3.59. The molecule has 0 unspecified atom stereocenters. The van der Waals surface area contributed by atoms with E-state index in [0.717, 1.165) is 22.9 Å². The van der Waals surface area contributed by atoms with E-state index in [-0.39, 0.29) is 12.3 Å². The predicted octanol–water partition coefficient (Wildman–Crippen LogP) is 2.44. The highest BCUT2D eigenvalue weighted by Gasteiger charge is 2.33. The highest BCUT2D eigenvalue weighted by molar-refractivity contribution is 6.31. The van der Waals surface area contributed by atoms with Crippen LogP contribution < -0.4 is 0 Å². The number of H-pyrrole nitrogens is 1. The lowest BCUT2D eigenvalue weighted by Gasteiger charge is -2.21. The van der Waals surface area contributed by atoms with E-state index in [9.17, 15) is 9.59 Å². The largest absolute Gasteiger partial charge is 0.480 e. The molecule has 1 saturated heterocycles. The number of amides is 1. The van der Waals surface area contributed by atoms with Gasteiger partial charge in [0.05, 0.1) is 6.42 Å². The fourth-order valence-electron chi connectivity index (χ4n) is 2.88. The molecule has 1 amide bonds. The Morgan fingerprint density at radius 2 is 2.24 bits per heavy atom. The first-order chi connectivity index (χ1) is 10.1. The lowest BCUT2D eigenvalue weighted by Crippen LogP contribution is -2.41. The van der Waals surface area contributed by atoms with Gasteiger partial charge in [-0.3, -0.25) is 4.79 Å². The van der Waals surface area contributed by atoms with Gasteiger partial charge in [-0.05, 0) is 36.6 Å². The van der Waals surface area contributed by atoms with Crippen molar-refractivity contribution in [1.82, 2.24) is 9.88 Å². The number of aromatic nitrogens is 1. The number of carboxylic acids is 1. The van der Waals surface area contributed by atoms with Gasteiger partial charge in [0.2, 0.25) is 5.91 Å². The van der Waals surface area contributed by atoms with Gasteiger partial charge in [0.25, 0.3) is 0 Å². The maximum atomic E-state index is 12.4. The van der Waals surface area contributed by atoms with E-state index >= 15 is 0 Å². The minimum absolute atomic E-state index is 0.152.